The van der Waals surface area contributed by atoms with Gasteiger partial charge in [-0.15, -0.1) is 0 Å². The zero-order valence-corrected chi connectivity index (χ0v) is 25.4. The third-order valence-electron chi connectivity index (χ3n) is 7.34. The van der Waals surface area contributed by atoms with Crippen LogP contribution in [0.5, 0.6) is 0 Å². The molecule has 0 heterocycles. The maximum atomic E-state index is 14.4. The van der Waals surface area contributed by atoms with Crippen LogP contribution in [0.4, 0.5) is 10.1 Å². The first-order chi connectivity index (χ1) is 20.6. The number of benzene rings is 4. The topological polar surface area (TPSA) is 86.8 Å². The van der Waals surface area contributed by atoms with Gasteiger partial charge in [-0.05, 0) is 73.4 Å². The Hall–Kier alpha value is -4.50. The minimum absolute atomic E-state index is 0.0280. The maximum Gasteiger partial charge on any atom is 0.264 e. The van der Waals surface area contributed by atoms with Gasteiger partial charge >= 0.3 is 0 Å². The second kappa shape index (κ2) is 14.1. The number of carbonyl (C=O) groups excluding carboxylic acids is 2. The lowest BCUT2D eigenvalue weighted by Gasteiger charge is -2.34. The first-order valence-electron chi connectivity index (χ1n) is 14.1. The molecule has 0 fully saturated rings. The number of nitrogens with one attached hydrogen (secondary N) is 1. The Morgan fingerprint density at radius 1 is 0.814 bits per heavy atom. The number of hydrogen-bond acceptors (Lipinski definition) is 4. The van der Waals surface area contributed by atoms with Crippen LogP contribution in [-0.4, -0.2) is 44.3 Å². The zero-order valence-electron chi connectivity index (χ0n) is 24.5. The highest BCUT2D eigenvalue weighted by molar-refractivity contribution is 7.92. The number of hydrogen-bond donors (Lipinski definition) is 1. The Labute approximate surface area is 253 Å². The number of sulfonamides is 1. The summed E-state index contributed by atoms with van der Waals surface area (Å²) in [6.45, 7) is 5.25. The molecule has 224 valence electrons. The molecule has 0 unspecified atom stereocenters. The smallest absolute Gasteiger partial charge is 0.264 e. The lowest BCUT2D eigenvalue weighted by atomic mass is 10.0. The van der Waals surface area contributed by atoms with Crippen molar-refractivity contribution in [2.75, 3.05) is 17.4 Å². The number of halogens is 1. The van der Waals surface area contributed by atoms with Crippen LogP contribution < -0.4 is 9.62 Å². The molecule has 0 aliphatic rings. The van der Waals surface area contributed by atoms with Gasteiger partial charge in [0.25, 0.3) is 10.0 Å². The van der Waals surface area contributed by atoms with E-state index in [9.17, 15) is 22.4 Å². The van der Waals surface area contributed by atoms with Crippen LogP contribution in [0, 0.1) is 19.7 Å². The van der Waals surface area contributed by atoms with Crippen LogP contribution in [0.1, 0.15) is 29.2 Å². The van der Waals surface area contributed by atoms with E-state index in [1.165, 1.54) is 29.2 Å². The normalized spacial score (nSPS) is 11.9. The number of nitrogens with zero attached hydrogens (tertiary/aromatic N) is 2. The highest BCUT2D eigenvalue weighted by Crippen LogP contribution is 2.29. The lowest BCUT2D eigenvalue weighted by Crippen LogP contribution is -2.53. The monoisotopic (exact) mass is 601 g/mol. The van der Waals surface area contributed by atoms with Crippen molar-refractivity contribution in [3.8, 4) is 0 Å². The molecule has 1 N–H and O–H groups in total. The van der Waals surface area contributed by atoms with E-state index < -0.39 is 34.3 Å². The third-order valence-corrected chi connectivity index (χ3v) is 9.12. The van der Waals surface area contributed by atoms with Crippen molar-refractivity contribution >= 4 is 27.5 Å². The van der Waals surface area contributed by atoms with E-state index >= 15 is 0 Å². The SMILES string of the molecule is CCNC(=O)[C@H](Cc1ccccc1)N(Cc1ccc(F)cc1)C(=O)CN(c1cccc(C)c1C)S(=O)(=O)c1ccccc1. The fourth-order valence-corrected chi connectivity index (χ4v) is 6.36. The maximum absolute atomic E-state index is 14.4. The Morgan fingerprint density at radius 2 is 1.44 bits per heavy atom. The van der Waals surface area contributed by atoms with Crippen molar-refractivity contribution in [3.63, 3.8) is 0 Å². The highest BCUT2D eigenvalue weighted by Gasteiger charge is 2.35. The van der Waals surface area contributed by atoms with Crippen LogP contribution in [0.3, 0.4) is 0 Å². The number of rotatable bonds is 12. The van der Waals surface area contributed by atoms with E-state index in [-0.39, 0.29) is 23.8 Å². The number of amides is 2. The summed E-state index contributed by atoms with van der Waals surface area (Å²) in [4.78, 5) is 29.3. The number of likely N-dealkylation sites (N-methyl/N-ethyl adjacent to an activating group) is 1. The molecular formula is C34H36FN3O4S. The summed E-state index contributed by atoms with van der Waals surface area (Å²) in [6.07, 6.45) is 0.203. The van der Waals surface area contributed by atoms with Gasteiger partial charge in [-0.25, -0.2) is 12.8 Å². The molecule has 4 aromatic carbocycles. The molecule has 1 atom stereocenters. The van der Waals surface area contributed by atoms with Gasteiger partial charge in [0.2, 0.25) is 11.8 Å². The predicted molar refractivity (Wildman–Crippen MR) is 166 cm³/mol. The predicted octanol–water partition coefficient (Wildman–Crippen LogP) is 5.41. The second-order valence-electron chi connectivity index (χ2n) is 10.3. The molecule has 0 spiro atoms. The highest BCUT2D eigenvalue weighted by atomic mass is 32.2. The number of aryl methyl sites for hydroxylation is 1. The summed E-state index contributed by atoms with van der Waals surface area (Å²) in [7, 11) is -4.18. The quantitative estimate of drug-likeness (QED) is 0.235. The molecule has 4 aromatic rings. The minimum atomic E-state index is -4.18. The van der Waals surface area contributed by atoms with Gasteiger partial charge < -0.3 is 10.2 Å². The fourth-order valence-electron chi connectivity index (χ4n) is 4.87. The van der Waals surface area contributed by atoms with Gasteiger partial charge in [-0.2, -0.15) is 0 Å². The third kappa shape index (κ3) is 7.67. The van der Waals surface area contributed by atoms with Crippen LogP contribution in [0.2, 0.25) is 0 Å². The van der Waals surface area contributed by atoms with Gasteiger partial charge in [0, 0.05) is 19.5 Å². The van der Waals surface area contributed by atoms with Crippen molar-refractivity contribution in [2.24, 2.45) is 0 Å². The molecule has 2 amide bonds. The van der Waals surface area contributed by atoms with Crippen LogP contribution in [0.15, 0.2) is 108 Å². The summed E-state index contributed by atoms with van der Waals surface area (Å²) in [5, 5.41) is 2.83. The fraction of sp³-hybridized carbons (Fsp3) is 0.235. The average Bonchev–Trinajstić information content (AvgIpc) is 3.01. The molecule has 4 rings (SSSR count). The molecule has 0 aliphatic carbocycles. The Balaban J connectivity index is 1.81. The molecule has 0 bridgehead atoms. The molecular weight excluding hydrogens is 565 g/mol. The van der Waals surface area contributed by atoms with Gasteiger partial charge in [0.05, 0.1) is 10.6 Å². The van der Waals surface area contributed by atoms with Crippen molar-refractivity contribution in [1.82, 2.24) is 10.2 Å². The van der Waals surface area contributed by atoms with E-state index in [0.29, 0.717) is 23.4 Å². The first kappa shape index (κ1) is 31.4. The number of anilines is 1. The molecule has 43 heavy (non-hydrogen) atoms. The Kier molecular flexibility index (Phi) is 10.3. The Bertz CT molecular complexity index is 1650. The first-order valence-corrected chi connectivity index (χ1v) is 15.6. The largest absolute Gasteiger partial charge is 0.355 e. The van der Waals surface area contributed by atoms with Crippen molar-refractivity contribution in [3.05, 3.63) is 131 Å². The summed E-state index contributed by atoms with van der Waals surface area (Å²) in [5.74, 6) is -1.37. The molecule has 0 saturated carbocycles. The zero-order chi connectivity index (χ0) is 31.0. The number of carbonyl (C=O) groups is 2. The summed E-state index contributed by atoms with van der Waals surface area (Å²) in [6, 6.07) is 27.3. The molecule has 9 heteroatoms. The van der Waals surface area contributed by atoms with Crippen LogP contribution in [0.25, 0.3) is 0 Å². The van der Waals surface area contributed by atoms with Crippen molar-refractivity contribution in [1.29, 1.82) is 0 Å². The van der Waals surface area contributed by atoms with Gasteiger partial charge in [0.1, 0.15) is 18.4 Å². The molecule has 0 aliphatic heterocycles. The second-order valence-corrected chi connectivity index (χ2v) is 12.2. The Morgan fingerprint density at radius 3 is 2.07 bits per heavy atom. The van der Waals surface area contributed by atoms with E-state index in [4.69, 9.17) is 0 Å². The van der Waals surface area contributed by atoms with E-state index in [1.54, 1.807) is 49.4 Å². The molecule has 0 saturated heterocycles. The van der Waals surface area contributed by atoms with E-state index in [1.807, 2.05) is 50.2 Å². The van der Waals surface area contributed by atoms with E-state index in [2.05, 4.69) is 5.32 Å². The van der Waals surface area contributed by atoms with Crippen molar-refractivity contribution < 1.29 is 22.4 Å². The summed E-state index contributed by atoms with van der Waals surface area (Å²) >= 11 is 0. The van der Waals surface area contributed by atoms with E-state index in [0.717, 1.165) is 15.4 Å². The molecule has 0 aromatic heterocycles. The van der Waals surface area contributed by atoms with Crippen molar-refractivity contribution in [2.45, 2.75) is 44.7 Å². The van der Waals surface area contributed by atoms with Gasteiger partial charge in [-0.1, -0.05) is 72.8 Å². The molecule has 0 radical (unpaired) electrons. The average molecular weight is 602 g/mol. The van der Waals surface area contributed by atoms with Gasteiger partial charge in [0.15, 0.2) is 0 Å². The summed E-state index contributed by atoms with van der Waals surface area (Å²) < 4.78 is 43.0. The summed E-state index contributed by atoms with van der Waals surface area (Å²) in [5.41, 5.74) is 3.38. The standard InChI is InChI=1S/C34H36FN3O4S/c1-4-36-34(40)32(22-27-13-7-5-8-14-27)37(23-28-18-20-29(35)21-19-28)33(39)24-38(31-17-11-12-25(2)26(31)3)43(41,42)30-15-9-6-10-16-30/h5-21,32H,4,22-24H2,1-3H3,(H,36,40)/t32-/m0/s1. The molecule has 7 nitrogen and oxygen atoms in total. The van der Waals surface area contributed by atoms with Crippen LogP contribution in [-0.2, 0) is 32.6 Å². The van der Waals surface area contributed by atoms with Crippen LogP contribution >= 0.6 is 0 Å². The minimum Gasteiger partial charge on any atom is -0.355 e. The lowest BCUT2D eigenvalue weighted by molar-refractivity contribution is -0.140. The van der Waals surface area contributed by atoms with Gasteiger partial charge in [-0.3, -0.25) is 13.9 Å².